The number of anilines is 3. The summed E-state index contributed by atoms with van der Waals surface area (Å²) in [5.74, 6) is 0.299. The average Bonchev–Trinajstić information content (AvgIpc) is 2.74. The largest absolute Gasteiger partial charge is 0.388 e. The Bertz CT molecular complexity index is 1040. The summed E-state index contributed by atoms with van der Waals surface area (Å²) >= 11 is 0. The summed E-state index contributed by atoms with van der Waals surface area (Å²) in [6.45, 7) is 5.30. The van der Waals surface area contributed by atoms with Crippen molar-refractivity contribution in [2.45, 2.75) is 32.4 Å². The average molecular weight is 418 g/mol. The van der Waals surface area contributed by atoms with Crippen LogP contribution in [-0.4, -0.2) is 27.9 Å². The number of amides is 2. The van der Waals surface area contributed by atoms with Crippen molar-refractivity contribution in [3.8, 4) is 0 Å². The number of benzene rings is 2. The monoisotopic (exact) mass is 417 g/mol. The molecule has 2 amide bonds. The van der Waals surface area contributed by atoms with E-state index >= 15 is 0 Å². The molecule has 0 aliphatic carbocycles. The molecule has 1 atom stereocenters. The molecule has 0 aliphatic heterocycles. The smallest absolute Gasteiger partial charge is 0.320 e. The van der Waals surface area contributed by atoms with E-state index in [1.54, 1.807) is 26.1 Å². The first-order chi connectivity index (χ1) is 14.8. The fraction of sp³-hybridized carbons (Fsp3) is 0.208. The van der Waals surface area contributed by atoms with Gasteiger partial charge >= 0.3 is 6.03 Å². The summed E-state index contributed by atoms with van der Waals surface area (Å²) in [6, 6.07) is 17.7. The molecule has 0 spiro atoms. The number of carbonyl (C=O) groups is 1. The van der Waals surface area contributed by atoms with Crippen molar-refractivity contribution in [1.82, 2.24) is 10.3 Å². The number of hydrogen-bond donors (Lipinski definition) is 5. The molecule has 1 heterocycles. The van der Waals surface area contributed by atoms with Crippen LogP contribution in [0.5, 0.6) is 0 Å². The SMILES string of the molecule is Cc1ccc(Nc2cnc(NC(=O)NC(c3ccccc3)C(C)(C)O)cc2C=N)cc1. The second kappa shape index (κ2) is 9.40. The summed E-state index contributed by atoms with van der Waals surface area (Å²) in [5, 5.41) is 27.0. The molecule has 7 heteroatoms. The van der Waals surface area contributed by atoms with Gasteiger partial charge in [0.2, 0.25) is 0 Å². The summed E-state index contributed by atoms with van der Waals surface area (Å²) in [4.78, 5) is 16.9. The third-order valence-electron chi connectivity index (χ3n) is 4.78. The molecule has 0 saturated carbocycles. The van der Waals surface area contributed by atoms with Gasteiger partial charge in [-0.1, -0.05) is 48.0 Å². The Kier molecular flexibility index (Phi) is 6.67. The molecule has 0 aliphatic rings. The van der Waals surface area contributed by atoms with E-state index in [1.165, 1.54) is 6.21 Å². The topological polar surface area (TPSA) is 110 Å². The number of pyridine rings is 1. The molecular weight excluding hydrogens is 390 g/mol. The molecule has 5 N–H and O–H groups in total. The van der Waals surface area contributed by atoms with Crippen molar-refractivity contribution in [2.24, 2.45) is 0 Å². The Morgan fingerprint density at radius 1 is 1.13 bits per heavy atom. The quantitative estimate of drug-likeness (QED) is 0.357. The van der Waals surface area contributed by atoms with Gasteiger partial charge in [-0.2, -0.15) is 0 Å². The van der Waals surface area contributed by atoms with Gasteiger partial charge < -0.3 is 21.1 Å². The number of nitrogens with zero attached hydrogens (tertiary/aromatic N) is 1. The summed E-state index contributed by atoms with van der Waals surface area (Å²) in [5.41, 5.74) is 2.88. The zero-order valence-electron chi connectivity index (χ0n) is 17.8. The number of nitrogens with one attached hydrogen (secondary N) is 4. The van der Waals surface area contributed by atoms with E-state index in [2.05, 4.69) is 20.9 Å². The minimum Gasteiger partial charge on any atom is -0.388 e. The number of carbonyl (C=O) groups excluding carboxylic acids is 1. The predicted molar refractivity (Wildman–Crippen MR) is 124 cm³/mol. The third kappa shape index (κ3) is 5.90. The molecule has 0 radical (unpaired) electrons. The zero-order valence-corrected chi connectivity index (χ0v) is 17.8. The first-order valence-electron chi connectivity index (χ1n) is 9.95. The number of aryl methyl sites for hydroxylation is 1. The third-order valence-corrected chi connectivity index (χ3v) is 4.78. The van der Waals surface area contributed by atoms with Crippen LogP contribution in [0.4, 0.5) is 22.0 Å². The normalized spacial score (nSPS) is 12.0. The van der Waals surface area contributed by atoms with E-state index in [0.717, 1.165) is 16.8 Å². The van der Waals surface area contributed by atoms with Gasteiger partial charge in [-0.3, -0.25) is 5.32 Å². The molecule has 1 aromatic heterocycles. The Morgan fingerprint density at radius 2 is 1.81 bits per heavy atom. The Hall–Kier alpha value is -3.71. The molecule has 7 nitrogen and oxygen atoms in total. The van der Waals surface area contributed by atoms with Gasteiger partial charge in [0, 0.05) is 17.5 Å². The van der Waals surface area contributed by atoms with Gasteiger partial charge in [-0.15, -0.1) is 0 Å². The maximum atomic E-state index is 12.6. The van der Waals surface area contributed by atoms with Crippen LogP contribution in [0.2, 0.25) is 0 Å². The van der Waals surface area contributed by atoms with Crippen LogP contribution >= 0.6 is 0 Å². The van der Waals surface area contributed by atoms with Gasteiger partial charge in [0.25, 0.3) is 0 Å². The van der Waals surface area contributed by atoms with Crippen LogP contribution in [0.15, 0.2) is 66.9 Å². The van der Waals surface area contributed by atoms with Gasteiger partial charge in [0.1, 0.15) is 5.82 Å². The molecule has 0 fully saturated rings. The summed E-state index contributed by atoms with van der Waals surface area (Å²) < 4.78 is 0. The van der Waals surface area contributed by atoms with Gasteiger partial charge in [0.15, 0.2) is 0 Å². The minimum atomic E-state index is -1.17. The van der Waals surface area contributed by atoms with Crippen molar-refractivity contribution in [1.29, 1.82) is 5.41 Å². The highest BCUT2D eigenvalue weighted by Crippen LogP contribution is 2.26. The number of rotatable bonds is 7. The molecule has 2 aromatic carbocycles. The number of hydrogen-bond acceptors (Lipinski definition) is 5. The maximum absolute atomic E-state index is 12.6. The van der Waals surface area contributed by atoms with E-state index in [0.29, 0.717) is 17.1 Å². The Balaban J connectivity index is 1.73. The first-order valence-corrected chi connectivity index (χ1v) is 9.95. The van der Waals surface area contributed by atoms with Crippen molar-refractivity contribution in [2.75, 3.05) is 10.6 Å². The van der Waals surface area contributed by atoms with Crippen LogP contribution in [0.1, 0.15) is 36.6 Å². The molecule has 0 saturated heterocycles. The molecule has 3 aromatic rings. The van der Waals surface area contributed by atoms with Crippen molar-refractivity contribution < 1.29 is 9.90 Å². The van der Waals surface area contributed by atoms with Gasteiger partial charge in [0.05, 0.1) is 23.5 Å². The lowest BCUT2D eigenvalue weighted by atomic mass is 9.92. The maximum Gasteiger partial charge on any atom is 0.320 e. The molecule has 0 bridgehead atoms. The molecule has 3 rings (SSSR count). The summed E-state index contributed by atoms with van der Waals surface area (Å²) in [7, 11) is 0. The standard InChI is InChI=1S/C24H27N5O2/c1-16-9-11-19(12-10-16)27-20-15-26-21(13-18(20)14-25)28-23(30)29-22(24(2,3)31)17-7-5-4-6-8-17/h4-15,22,25,27,31H,1-3H3,(H2,26,28,29,30). The number of aliphatic hydroxyl groups is 1. The number of urea groups is 1. The van der Waals surface area contributed by atoms with Crippen LogP contribution in [0.25, 0.3) is 0 Å². The Labute approximate surface area is 182 Å². The van der Waals surface area contributed by atoms with E-state index in [9.17, 15) is 9.90 Å². The Morgan fingerprint density at radius 3 is 2.42 bits per heavy atom. The summed E-state index contributed by atoms with van der Waals surface area (Å²) in [6.07, 6.45) is 2.77. The highest BCUT2D eigenvalue weighted by atomic mass is 16.3. The van der Waals surface area contributed by atoms with Crippen LogP contribution < -0.4 is 16.0 Å². The van der Waals surface area contributed by atoms with Crippen LogP contribution in [-0.2, 0) is 0 Å². The second-order valence-corrected chi connectivity index (χ2v) is 7.89. The molecule has 1 unspecified atom stereocenters. The highest BCUT2D eigenvalue weighted by Gasteiger charge is 2.30. The van der Waals surface area contributed by atoms with E-state index in [4.69, 9.17) is 5.41 Å². The van der Waals surface area contributed by atoms with E-state index < -0.39 is 17.7 Å². The zero-order chi connectivity index (χ0) is 22.4. The molecule has 31 heavy (non-hydrogen) atoms. The molecule has 160 valence electrons. The predicted octanol–water partition coefficient (Wildman–Crippen LogP) is 4.76. The second-order valence-electron chi connectivity index (χ2n) is 7.89. The van der Waals surface area contributed by atoms with Crippen molar-refractivity contribution >= 4 is 29.4 Å². The van der Waals surface area contributed by atoms with E-state index in [-0.39, 0.29) is 0 Å². The van der Waals surface area contributed by atoms with Crippen molar-refractivity contribution in [3.05, 3.63) is 83.6 Å². The van der Waals surface area contributed by atoms with Crippen LogP contribution in [0, 0.1) is 12.3 Å². The highest BCUT2D eigenvalue weighted by molar-refractivity contribution is 5.92. The molecular formula is C24H27N5O2. The van der Waals surface area contributed by atoms with E-state index in [1.807, 2.05) is 61.5 Å². The fourth-order valence-corrected chi connectivity index (χ4v) is 3.15. The lowest BCUT2D eigenvalue weighted by molar-refractivity contribution is 0.0415. The van der Waals surface area contributed by atoms with Crippen LogP contribution in [0.3, 0.4) is 0 Å². The minimum absolute atomic E-state index is 0.299. The fourth-order valence-electron chi connectivity index (χ4n) is 3.15. The van der Waals surface area contributed by atoms with Gasteiger partial charge in [-0.25, -0.2) is 9.78 Å². The van der Waals surface area contributed by atoms with Crippen molar-refractivity contribution in [3.63, 3.8) is 0 Å². The lowest BCUT2D eigenvalue weighted by Crippen LogP contribution is -2.43. The number of aromatic nitrogens is 1. The lowest BCUT2D eigenvalue weighted by Gasteiger charge is -2.30. The van der Waals surface area contributed by atoms with Gasteiger partial charge in [-0.05, 0) is 44.5 Å². The first kappa shape index (κ1) is 22.0.